The Morgan fingerprint density at radius 2 is 2.00 bits per heavy atom. The minimum Gasteiger partial charge on any atom is -0.465 e. The summed E-state index contributed by atoms with van der Waals surface area (Å²) >= 11 is 0. The van der Waals surface area contributed by atoms with Crippen molar-refractivity contribution in [3.05, 3.63) is 29.3 Å². The molecule has 1 heterocycles. The largest absolute Gasteiger partial charge is 0.465 e. The second-order valence-electron chi connectivity index (χ2n) is 4.75. The number of nitrogens with zero attached hydrogens (tertiary/aromatic N) is 2. The number of anilines is 1. The molecule has 110 valence electrons. The molecule has 0 bridgehead atoms. The first-order valence-corrected chi connectivity index (χ1v) is 7.70. The summed E-state index contributed by atoms with van der Waals surface area (Å²) in [5.41, 5.74) is 1.74. The van der Waals surface area contributed by atoms with Crippen molar-refractivity contribution in [3.8, 4) is 0 Å². The number of methoxy groups -OCH3 is 1. The lowest BCUT2D eigenvalue weighted by Gasteiger charge is -2.34. The Balaban J connectivity index is 2.41. The van der Waals surface area contributed by atoms with Crippen LogP contribution in [0.4, 0.5) is 5.69 Å². The Hall–Kier alpha value is -1.60. The third-order valence-electron chi connectivity index (χ3n) is 3.39. The number of hydrogen-bond acceptors (Lipinski definition) is 4. The van der Waals surface area contributed by atoms with Gasteiger partial charge in [0, 0.05) is 20.1 Å². The van der Waals surface area contributed by atoms with E-state index in [2.05, 4.69) is 4.74 Å². The molecule has 1 saturated heterocycles. The Bertz CT molecular complexity index is 627. The molecule has 0 unspecified atom stereocenters. The lowest BCUT2D eigenvalue weighted by molar-refractivity contribution is 0.0600. The molecular formula is C13H18N2O4S. The number of carbonyl (C=O) groups excluding carboxylic acids is 1. The predicted octanol–water partition coefficient (Wildman–Crippen LogP) is 1.17. The van der Waals surface area contributed by atoms with E-state index in [-0.39, 0.29) is 0 Å². The number of rotatable bonds is 2. The van der Waals surface area contributed by atoms with Gasteiger partial charge in [0.15, 0.2) is 0 Å². The van der Waals surface area contributed by atoms with E-state index in [9.17, 15) is 13.2 Å². The molecule has 0 radical (unpaired) electrons. The Labute approximate surface area is 119 Å². The summed E-state index contributed by atoms with van der Waals surface area (Å²) in [6.45, 7) is 2.76. The smallest absolute Gasteiger partial charge is 0.337 e. The summed E-state index contributed by atoms with van der Waals surface area (Å²) in [6, 6.07) is 4.88. The molecule has 20 heavy (non-hydrogen) atoms. The van der Waals surface area contributed by atoms with Crippen LogP contribution in [-0.4, -0.2) is 45.9 Å². The number of carbonyl (C=O) groups is 1. The van der Waals surface area contributed by atoms with Crippen LogP contribution in [0.15, 0.2) is 18.2 Å². The Kier molecular flexibility index (Phi) is 4.01. The summed E-state index contributed by atoms with van der Waals surface area (Å²) in [5, 5.41) is 0. The van der Waals surface area contributed by atoms with Crippen LogP contribution in [-0.2, 0) is 14.9 Å². The molecule has 1 aliphatic heterocycles. The van der Waals surface area contributed by atoms with E-state index in [0.29, 0.717) is 24.3 Å². The molecule has 0 aromatic heterocycles. The number of esters is 1. The van der Waals surface area contributed by atoms with Gasteiger partial charge in [-0.15, -0.1) is 0 Å². The van der Waals surface area contributed by atoms with Gasteiger partial charge in [-0.25, -0.2) is 4.79 Å². The highest BCUT2D eigenvalue weighted by molar-refractivity contribution is 7.90. The topological polar surface area (TPSA) is 66.9 Å². The molecule has 1 aromatic rings. The molecule has 2 rings (SSSR count). The van der Waals surface area contributed by atoms with E-state index in [4.69, 9.17) is 0 Å². The second-order valence-corrected chi connectivity index (χ2v) is 6.71. The van der Waals surface area contributed by atoms with Gasteiger partial charge >= 0.3 is 16.2 Å². The molecule has 1 aromatic carbocycles. The first-order valence-electron chi connectivity index (χ1n) is 6.31. The monoisotopic (exact) mass is 298 g/mol. The van der Waals surface area contributed by atoms with Gasteiger partial charge in [0.1, 0.15) is 0 Å². The highest BCUT2D eigenvalue weighted by Crippen LogP contribution is 2.27. The molecule has 1 aliphatic rings. The van der Waals surface area contributed by atoms with Crippen LogP contribution in [0.1, 0.15) is 22.3 Å². The van der Waals surface area contributed by atoms with Crippen LogP contribution >= 0.6 is 0 Å². The fraction of sp³-hybridized carbons (Fsp3) is 0.462. The number of benzene rings is 1. The van der Waals surface area contributed by atoms with Crippen molar-refractivity contribution in [1.29, 1.82) is 0 Å². The summed E-state index contributed by atoms with van der Waals surface area (Å²) in [5.74, 6) is -0.432. The van der Waals surface area contributed by atoms with Gasteiger partial charge in [-0.1, -0.05) is 0 Å². The van der Waals surface area contributed by atoms with E-state index >= 15 is 0 Å². The van der Waals surface area contributed by atoms with E-state index in [1.807, 2.05) is 0 Å². The van der Waals surface area contributed by atoms with Crippen molar-refractivity contribution in [2.45, 2.75) is 13.3 Å². The Morgan fingerprint density at radius 1 is 1.30 bits per heavy atom. The minimum absolute atomic E-state index is 0.413. The molecule has 7 heteroatoms. The van der Waals surface area contributed by atoms with Gasteiger partial charge in [-0.3, -0.25) is 4.31 Å². The molecule has 0 aliphatic carbocycles. The molecule has 0 N–H and O–H groups in total. The maximum atomic E-state index is 12.3. The number of aryl methyl sites for hydroxylation is 1. The molecule has 0 atom stereocenters. The molecule has 0 amide bonds. The third-order valence-corrected chi connectivity index (χ3v) is 5.30. The van der Waals surface area contributed by atoms with E-state index in [1.54, 1.807) is 32.2 Å². The number of hydrogen-bond donors (Lipinski definition) is 0. The predicted molar refractivity (Wildman–Crippen MR) is 76.0 cm³/mol. The minimum atomic E-state index is -3.47. The van der Waals surface area contributed by atoms with Crippen molar-refractivity contribution in [1.82, 2.24) is 4.31 Å². The van der Waals surface area contributed by atoms with Crippen molar-refractivity contribution in [2.75, 3.05) is 31.6 Å². The van der Waals surface area contributed by atoms with Crippen molar-refractivity contribution in [2.24, 2.45) is 0 Å². The average molecular weight is 298 g/mol. The lowest BCUT2D eigenvalue weighted by atomic mass is 10.1. The summed E-state index contributed by atoms with van der Waals surface area (Å²) in [7, 11) is -0.582. The fourth-order valence-corrected chi connectivity index (χ4v) is 3.77. The van der Waals surface area contributed by atoms with Gasteiger partial charge in [-0.05, 0) is 37.1 Å². The van der Waals surface area contributed by atoms with Gasteiger partial charge in [0.25, 0.3) is 0 Å². The van der Waals surface area contributed by atoms with Gasteiger partial charge in [-0.2, -0.15) is 12.7 Å². The standard InChI is InChI=1S/C13H18N2O4S/c1-10-9-11(13(16)19-3)5-6-12(10)15-8-4-7-14(2)20(15,17)18/h5-6,9H,4,7-8H2,1-3H3. The van der Waals surface area contributed by atoms with Crippen LogP contribution in [0.5, 0.6) is 0 Å². The SMILES string of the molecule is COC(=O)c1ccc(N2CCCN(C)S2(=O)=O)c(C)c1. The van der Waals surface area contributed by atoms with Crippen molar-refractivity contribution >= 4 is 21.9 Å². The van der Waals surface area contributed by atoms with Gasteiger partial charge in [0.2, 0.25) is 0 Å². The van der Waals surface area contributed by atoms with E-state index in [0.717, 1.165) is 12.0 Å². The molecule has 1 fully saturated rings. The highest BCUT2D eigenvalue weighted by Gasteiger charge is 2.31. The fourth-order valence-electron chi connectivity index (χ4n) is 2.26. The summed E-state index contributed by atoms with van der Waals surface area (Å²) in [6.07, 6.45) is 0.772. The van der Waals surface area contributed by atoms with Crippen LogP contribution in [0, 0.1) is 6.92 Å². The molecule has 6 nitrogen and oxygen atoms in total. The zero-order valence-electron chi connectivity index (χ0n) is 11.8. The maximum absolute atomic E-state index is 12.3. The normalized spacial score (nSPS) is 18.9. The summed E-state index contributed by atoms with van der Waals surface area (Å²) < 4.78 is 32.0. The van der Waals surface area contributed by atoms with Crippen LogP contribution in [0.3, 0.4) is 0 Å². The maximum Gasteiger partial charge on any atom is 0.337 e. The van der Waals surface area contributed by atoms with Crippen LogP contribution in [0.2, 0.25) is 0 Å². The van der Waals surface area contributed by atoms with Gasteiger partial charge < -0.3 is 4.74 Å². The third kappa shape index (κ3) is 2.51. The summed E-state index contributed by atoms with van der Waals surface area (Å²) in [4.78, 5) is 11.5. The van der Waals surface area contributed by atoms with Crippen LogP contribution < -0.4 is 4.31 Å². The van der Waals surface area contributed by atoms with Gasteiger partial charge in [0.05, 0.1) is 18.4 Å². The van der Waals surface area contributed by atoms with Crippen molar-refractivity contribution < 1.29 is 17.9 Å². The zero-order chi connectivity index (χ0) is 14.9. The van der Waals surface area contributed by atoms with E-state index in [1.165, 1.54) is 15.7 Å². The first kappa shape index (κ1) is 14.8. The second kappa shape index (κ2) is 5.41. The highest BCUT2D eigenvalue weighted by atomic mass is 32.2. The van der Waals surface area contributed by atoms with Crippen molar-refractivity contribution in [3.63, 3.8) is 0 Å². The van der Waals surface area contributed by atoms with E-state index < -0.39 is 16.2 Å². The Morgan fingerprint density at radius 3 is 2.60 bits per heavy atom. The molecule has 0 spiro atoms. The van der Waals surface area contributed by atoms with Crippen LogP contribution in [0.25, 0.3) is 0 Å². The first-order chi connectivity index (χ1) is 9.37. The molecular weight excluding hydrogens is 280 g/mol. The lowest BCUT2D eigenvalue weighted by Crippen LogP contribution is -2.48. The average Bonchev–Trinajstić information content (AvgIpc) is 2.41. The molecule has 0 saturated carbocycles. The quantitative estimate of drug-likeness (QED) is 0.769. The number of ether oxygens (including phenoxy) is 1. The zero-order valence-corrected chi connectivity index (χ0v) is 12.6.